The van der Waals surface area contributed by atoms with Crippen molar-refractivity contribution in [1.82, 2.24) is 30.4 Å². The van der Waals surface area contributed by atoms with Gasteiger partial charge in [0.1, 0.15) is 41.5 Å². The number of pyridine rings is 2. The summed E-state index contributed by atoms with van der Waals surface area (Å²) in [4.78, 5) is 135. The molecule has 3 aliphatic heterocycles. The van der Waals surface area contributed by atoms with Gasteiger partial charge in [0.15, 0.2) is 0 Å². The maximum atomic E-state index is 14.4. The van der Waals surface area contributed by atoms with Gasteiger partial charge in [0.2, 0.25) is 23.3 Å². The number of aryl methyl sites for hydroxylation is 1. The van der Waals surface area contributed by atoms with Crippen LogP contribution in [0.25, 0.3) is 22.3 Å². The van der Waals surface area contributed by atoms with E-state index >= 15 is 0 Å². The third-order valence-electron chi connectivity index (χ3n) is 14.0. The zero-order valence-electron chi connectivity index (χ0n) is 46.8. The number of nitrogens with zero attached hydrogens (tertiary/aromatic N) is 3. The van der Waals surface area contributed by atoms with Gasteiger partial charge in [-0.1, -0.05) is 40.2 Å². The summed E-state index contributed by atoms with van der Waals surface area (Å²) in [5, 5.41) is 10.8. The van der Waals surface area contributed by atoms with Crippen LogP contribution in [0.5, 0.6) is 5.75 Å². The van der Waals surface area contributed by atoms with E-state index < -0.39 is 117 Å². The number of unbranched alkanes of at least 4 members (excludes halogenated alkanes) is 2. The molecule has 444 valence electrons. The molecule has 0 spiro atoms. The van der Waals surface area contributed by atoms with Gasteiger partial charge in [-0.05, 0) is 107 Å². The van der Waals surface area contributed by atoms with Gasteiger partial charge < -0.3 is 55.3 Å². The van der Waals surface area contributed by atoms with Crippen LogP contribution in [0.3, 0.4) is 0 Å². The van der Waals surface area contributed by atoms with E-state index in [0.29, 0.717) is 53.5 Å². The number of primary amides is 1. The molecule has 0 radical (unpaired) electrons. The highest BCUT2D eigenvalue weighted by Gasteiger charge is 2.51. The molecular formula is C56H66N8O18S. The number of esters is 1. The molecule has 7 rings (SSSR count). The van der Waals surface area contributed by atoms with Crippen LogP contribution in [0.2, 0.25) is 0 Å². The highest BCUT2D eigenvalue weighted by atomic mass is 32.2. The number of urea groups is 1. The molecule has 5 heterocycles. The van der Waals surface area contributed by atoms with Crippen molar-refractivity contribution < 1.29 is 79.8 Å². The van der Waals surface area contributed by atoms with Crippen LogP contribution in [0.15, 0.2) is 64.3 Å². The molecular weight excluding hydrogens is 1100 g/mol. The quantitative estimate of drug-likeness (QED) is 0.0124. The van der Waals surface area contributed by atoms with Gasteiger partial charge in [0, 0.05) is 59.4 Å². The summed E-state index contributed by atoms with van der Waals surface area (Å²) in [7, 11) is -5.13. The zero-order valence-corrected chi connectivity index (χ0v) is 47.7. The molecule has 0 fully saturated rings. The van der Waals surface area contributed by atoms with Crippen LogP contribution in [0.1, 0.15) is 121 Å². The first-order valence-electron chi connectivity index (χ1n) is 26.9. The number of cyclic esters (lactones) is 1. The molecule has 2 unspecified atom stereocenters. The average Bonchev–Trinajstić information content (AvgIpc) is 1.84. The number of carbonyl (C=O) groups is 9. The van der Waals surface area contributed by atoms with Crippen molar-refractivity contribution in [3.63, 3.8) is 0 Å². The number of hydrogen-bond donors (Lipinski definition) is 6. The fourth-order valence-electron chi connectivity index (χ4n) is 9.87. The van der Waals surface area contributed by atoms with Gasteiger partial charge in [-0.2, -0.15) is 8.42 Å². The minimum atomic E-state index is -5.13. The second-order valence-electron chi connectivity index (χ2n) is 21.3. The average molecular weight is 1170 g/mol. The normalized spacial score (nSPS) is 16.1. The third-order valence-corrected chi connectivity index (χ3v) is 14.9. The standard InChI is InChI=1S/C56H66N8O18S/c1-8-34-35-25-33(80-54(74)81-55(5,6)7)18-19-39(35)60-47-36(34)27-64-41(47)26-38-37(50(64)70)29-78-51(71)56(38,9-2)82-53(73)79-28-31-16-17-32(24-42(31)83(75,76)77)59-48(68)40(14-13-22-58-52(57)72)61-49(69)46(30(3)4)62-43(65)15-11-10-12-23-63-44(66)20-21-45(63)67/h16-21,24-26,30,40,46H,8-15,22-23,27-29H2,1-7H3,(H,59,68)(H,61,69)(H,62,65)(H3,57,58,72)(H,75,76,77)/t40?,46?,56-/m0/s1. The van der Waals surface area contributed by atoms with Gasteiger partial charge in [-0.3, -0.25) is 38.2 Å². The van der Waals surface area contributed by atoms with Gasteiger partial charge in [0.25, 0.3) is 27.5 Å². The Bertz CT molecular complexity index is 3480. The fourth-order valence-corrected chi connectivity index (χ4v) is 10.6. The monoisotopic (exact) mass is 1170 g/mol. The predicted octanol–water partition coefficient (Wildman–Crippen LogP) is 5.06. The zero-order chi connectivity index (χ0) is 60.7. The van der Waals surface area contributed by atoms with Crippen LogP contribution in [-0.2, 0) is 89.6 Å². The number of benzene rings is 2. The van der Waals surface area contributed by atoms with Gasteiger partial charge in [0.05, 0.1) is 29.0 Å². The van der Waals surface area contributed by atoms with Gasteiger partial charge in [-0.15, -0.1) is 0 Å². The van der Waals surface area contributed by atoms with E-state index in [0.717, 1.165) is 22.6 Å². The number of imide groups is 1. The van der Waals surface area contributed by atoms with E-state index in [2.05, 4.69) is 21.3 Å². The summed E-state index contributed by atoms with van der Waals surface area (Å²) in [5.41, 5.74) is 3.85. The second kappa shape index (κ2) is 25.6. The maximum Gasteiger partial charge on any atom is 0.514 e. The minimum absolute atomic E-state index is 0.00351. The second-order valence-corrected chi connectivity index (χ2v) is 22.7. The number of amides is 7. The summed E-state index contributed by atoms with van der Waals surface area (Å²) < 4.78 is 64.9. The van der Waals surface area contributed by atoms with Gasteiger partial charge >= 0.3 is 24.3 Å². The Morgan fingerprint density at radius 3 is 2.27 bits per heavy atom. The SMILES string of the molecule is CCc1c2c(nc3ccc(OC(=O)OC(C)(C)C)cc13)-c1cc3c(c(=O)n1C2)COC(=O)[C@@]3(CC)OC(=O)OCc1ccc(NC(=O)C(CCCNC(N)=O)NC(=O)C(NC(=O)CCCCCN2C(=O)C=CC2=O)C(C)C)cc1S(=O)(=O)O. The van der Waals surface area contributed by atoms with Gasteiger partial charge in [-0.25, -0.2) is 24.2 Å². The van der Waals surface area contributed by atoms with E-state index in [-0.39, 0.29) is 73.4 Å². The lowest BCUT2D eigenvalue weighted by molar-refractivity contribution is -0.175. The smallest absolute Gasteiger partial charge is 0.457 e. The number of nitrogens with one attached hydrogen (secondary N) is 4. The Kier molecular flexibility index (Phi) is 19.1. The molecule has 2 aromatic heterocycles. The molecule has 3 atom stereocenters. The lowest BCUT2D eigenvalue weighted by Crippen LogP contribution is -2.54. The summed E-state index contributed by atoms with van der Waals surface area (Å²) in [6.07, 6.45) is 1.55. The van der Waals surface area contributed by atoms with Crippen molar-refractivity contribution in [3.05, 3.63) is 92.8 Å². The molecule has 0 saturated heterocycles. The third kappa shape index (κ3) is 14.5. The van der Waals surface area contributed by atoms with Crippen LogP contribution in [0.4, 0.5) is 20.1 Å². The molecule has 26 nitrogen and oxygen atoms in total. The Balaban J connectivity index is 1.05. The molecule has 7 N–H and O–H groups in total. The Labute approximate surface area is 476 Å². The van der Waals surface area contributed by atoms with E-state index in [1.165, 1.54) is 35.8 Å². The van der Waals surface area contributed by atoms with E-state index in [1.807, 2.05) is 6.92 Å². The molecule has 3 aliphatic rings. The lowest BCUT2D eigenvalue weighted by atomic mass is 9.85. The molecule has 0 aliphatic carbocycles. The highest BCUT2D eigenvalue weighted by molar-refractivity contribution is 7.85. The summed E-state index contributed by atoms with van der Waals surface area (Å²) in [6.45, 7) is 10.8. The van der Waals surface area contributed by atoms with Crippen LogP contribution in [-0.4, -0.2) is 112 Å². The lowest BCUT2D eigenvalue weighted by Gasteiger charge is -2.35. The van der Waals surface area contributed by atoms with E-state index in [9.17, 15) is 60.9 Å². The van der Waals surface area contributed by atoms with E-state index in [1.54, 1.807) is 52.8 Å². The van der Waals surface area contributed by atoms with Crippen molar-refractivity contribution >= 4 is 80.6 Å². The predicted molar refractivity (Wildman–Crippen MR) is 295 cm³/mol. The maximum absolute atomic E-state index is 14.4. The summed E-state index contributed by atoms with van der Waals surface area (Å²) in [5.74, 6) is -4.20. The first-order valence-corrected chi connectivity index (χ1v) is 28.3. The van der Waals surface area contributed by atoms with Crippen LogP contribution in [0, 0.1) is 5.92 Å². The first-order chi connectivity index (χ1) is 39.1. The largest absolute Gasteiger partial charge is 0.514 e. The molecule has 0 saturated carbocycles. The number of ether oxygens (including phenoxy) is 5. The molecule has 0 bridgehead atoms. The number of hydrogen-bond acceptors (Lipinski definition) is 18. The summed E-state index contributed by atoms with van der Waals surface area (Å²) in [6, 6.07) is 6.27. The number of carbonyl (C=O) groups excluding carboxylic acids is 9. The topological polar surface area (TPSA) is 366 Å². The van der Waals surface area contributed by atoms with E-state index in [4.69, 9.17) is 34.4 Å². The Morgan fingerprint density at radius 1 is 0.892 bits per heavy atom. The molecule has 2 aromatic carbocycles. The van der Waals surface area contributed by atoms with Crippen LogP contribution >= 0.6 is 0 Å². The number of nitrogens with two attached hydrogens (primary N) is 1. The van der Waals surface area contributed by atoms with Crippen molar-refractivity contribution in [2.24, 2.45) is 11.7 Å². The molecule has 27 heteroatoms. The minimum Gasteiger partial charge on any atom is -0.457 e. The number of aromatic nitrogens is 2. The molecule has 7 amide bonds. The van der Waals surface area contributed by atoms with Crippen molar-refractivity contribution in [2.75, 3.05) is 18.4 Å². The Morgan fingerprint density at radius 2 is 1.61 bits per heavy atom. The molecule has 83 heavy (non-hydrogen) atoms. The van der Waals surface area contributed by atoms with Crippen molar-refractivity contribution in [3.8, 4) is 17.1 Å². The highest BCUT2D eigenvalue weighted by Crippen LogP contribution is 2.43. The van der Waals surface area contributed by atoms with Crippen LogP contribution < -0.4 is 37.3 Å². The number of rotatable bonds is 23. The first kappa shape index (κ1) is 61.9. The van der Waals surface area contributed by atoms with Crippen molar-refractivity contribution in [1.29, 1.82) is 0 Å². The number of anilines is 1. The number of fused-ring (bicyclic) bond motifs is 5. The van der Waals surface area contributed by atoms with Crippen molar-refractivity contribution in [2.45, 2.75) is 148 Å². The fraction of sp³-hybridized carbons (Fsp3) is 0.446. The summed E-state index contributed by atoms with van der Waals surface area (Å²) >= 11 is 0. The Hall–Kier alpha value is -8.72. The molecule has 4 aromatic rings.